The van der Waals surface area contributed by atoms with Gasteiger partial charge in [-0.2, -0.15) is 5.10 Å². The summed E-state index contributed by atoms with van der Waals surface area (Å²) in [7, 11) is 1.69. The monoisotopic (exact) mass is 244 g/mol. The van der Waals surface area contributed by atoms with Crippen LogP contribution >= 0.6 is 0 Å². The largest absolute Gasteiger partial charge is 0.396 e. The average molecular weight is 244 g/mol. The van der Waals surface area contributed by atoms with Gasteiger partial charge in [-0.15, -0.1) is 0 Å². The van der Waals surface area contributed by atoms with E-state index in [0.29, 0.717) is 11.4 Å². The van der Waals surface area contributed by atoms with E-state index in [0.717, 1.165) is 5.56 Å². The quantitative estimate of drug-likeness (QED) is 0.859. The number of nitrogen functional groups attached to an aromatic ring is 1. The number of benzene rings is 1. The van der Waals surface area contributed by atoms with Crippen LogP contribution in [-0.2, 0) is 7.05 Å². The predicted molar refractivity (Wildman–Crippen MR) is 69.9 cm³/mol. The summed E-state index contributed by atoms with van der Waals surface area (Å²) in [5, 5.41) is 6.85. The molecule has 0 spiro atoms. The van der Waals surface area contributed by atoms with Gasteiger partial charge in [0.05, 0.1) is 17.9 Å². The van der Waals surface area contributed by atoms with Gasteiger partial charge in [-0.1, -0.05) is 30.3 Å². The number of nitrogens with two attached hydrogens (primary N) is 1. The van der Waals surface area contributed by atoms with E-state index in [4.69, 9.17) is 5.73 Å². The number of hydrogen-bond acceptors (Lipinski definition) is 3. The summed E-state index contributed by atoms with van der Waals surface area (Å²) in [5.41, 5.74) is 7.53. The second kappa shape index (κ2) is 4.91. The molecule has 0 aliphatic carbocycles. The number of hydrogen-bond donors (Lipinski definition) is 2. The minimum atomic E-state index is -0.219. The molecule has 2 rings (SSSR count). The molecule has 1 unspecified atom stereocenters. The van der Waals surface area contributed by atoms with Gasteiger partial charge in [0.2, 0.25) is 0 Å². The lowest BCUT2D eigenvalue weighted by molar-refractivity contribution is 0.0931. The normalized spacial score (nSPS) is 12.1. The standard InChI is InChI=1S/C13H16N4O/c1-9(10-6-4-3-5-7-10)16-13(18)12-11(14)8-15-17(12)2/h3-9H,14H2,1-2H3,(H,16,18). The molecular weight excluding hydrogens is 228 g/mol. The molecule has 5 heteroatoms. The smallest absolute Gasteiger partial charge is 0.272 e. The van der Waals surface area contributed by atoms with Crippen molar-refractivity contribution < 1.29 is 4.79 Å². The van der Waals surface area contributed by atoms with Gasteiger partial charge in [-0.05, 0) is 12.5 Å². The Morgan fingerprint density at radius 3 is 2.61 bits per heavy atom. The van der Waals surface area contributed by atoms with Gasteiger partial charge < -0.3 is 11.1 Å². The number of nitrogens with one attached hydrogen (secondary N) is 1. The first kappa shape index (κ1) is 12.2. The molecule has 0 saturated heterocycles. The average Bonchev–Trinajstić information content (AvgIpc) is 2.70. The lowest BCUT2D eigenvalue weighted by Gasteiger charge is -2.14. The number of amides is 1. The highest BCUT2D eigenvalue weighted by Crippen LogP contribution is 2.14. The molecule has 1 atom stereocenters. The van der Waals surface area contributed by atoms with Crippen molar-refractivity contribution in [3.8, 4) is 0 Å². The highest BCUT2D eigenvalue weighted by molar-refractivity contribution is 5.97. The molecule has 0 saturated carbocycles. The van der Waals surface area contributed by atoms with Crippen LogP contribution in [0, 0.1) is 0 Å². The molecule has 5 nitrogen and oxygen atoms in total. The zero-order valence-electron chi connectivity index (χ0n) is 10.4. The van der Waals surface area contributed by atoms with E-state index < -0.39 is 0 Å². The van der Waals surface area contributed by atoms with E-state index >= 15 is 0 Å². The Morgan fingerprint density at radius 1 is 1.39 bits per heavy atom. The van der Waals surface area contributed by atoms with Crippen molar-refractivity contribution in [3.05, 3.63) is 47.8 Å². The Balaban J connectivity index is 2.13. The van der Waals surface area contributed by atoms with Crippen LogP contribution in [0.15, 0.2) is 36.5 Å². The van der Waals surface area contributed by atoms with Crippen molar-refractivity contribution in [3.63, 3.8) is 0 Å². The van der Waals surface area contributed by atoms with Crippen molar-refractivity contribution in [2.45, 2.75) is 13.0 Å². The third-order valence-electron chi connectivity index (χ3n) is 2.83. The first-order valence-electron chi connectivity index (χ1n) is 5.73. The van der Waals surface area contributed by atoms with Crippen molar-refractivity contribution in [2.75, 3.05) is 5.73 Å². The van der Waals surface area contributed by atoms with Gasteiger partial charge in [0.1, 0.15) is 5.69 Å². The number of aryl methyl sites for hydroxylation is 1. The van der Waals surface area contributed by atoms with Gasteiger partial charge in [0.15, 0.2) is 0 Å². The van der Waals surface area contributed by atoms with Gasteiger partial charge in [0.25, 0.3) is 5.91 Å². The molecule has 0 aliphatic heterocycles. The van der Waals surface area contributed by atoms with Crippen LogP contribution in [0.5, 0.6) is 0 Å². The lowest BCUT2D eigenvalue weighted by atomic mass is 10.1. The Labute approximate surface area is 106 Å². The van der Waals surface area contributed by atoms with Gasteiger partial charge in [0, 0.05) is 7.05 Å². The van der Waals surface area contributed by atoms with Crippen LogP contribution < -0.4 is 11.1 Å². The summed E-state index contributed by atoms with van der Waals surface area (Å²) < 4.78 is 1.47. The minimum absolute atomic E-state index is 0.0759. The minimum Gasteiger partial charge on any atom is -0.396 e. The molecular formula is C13H16N4O. The summed E-state index contributed by atoms with van der Waals surface area (Å²) in [6, 6.07) is 9.69. The van der Waals surface area contributed by atoms with Gasteiger partial charge in [-0.3, -0.25) is 9.48 Å². The van der Waals surface area contributed by atoms with Crippen LogP contribution in [0.1, 0.15) is 29.0 Å². The van der Waals surface area contributed by atoms with Crippen molar-refractivity contribution >= 4 is 11.6 Å². The molecule has 94 valence electrons. The summed E-state index contributed by atoms with van der Waals surface area (Å²) in [4.78, 5) is 12.1. The van der Waals surface area contributed by atoms with Gasteiger partial charge >= 0.3 is 0 Å². The lowest BCUT2D eigenvalue weighted by Crippen LogP contribution is -2.29. The molecule has 0 aliphatic rings. The molecule has 1 aromatic heterocycles. The Hall–Kier alpha value is -2.30. The topological polar surface area (TPSA) is 72.9 Å². The van der Waals surface area contributed by atoms with Crippen LogP contribution in [0.25, 0.3) is 0 Å². The maximum atomic E-state index is 12.1. The summed E-state index contributed by atoms with van der Waals surface area (Å²) >= 11 is 0. The number of rotatable bonds is 3. The zero-order valence-corrected chi connectivity index (χ0v) is 10.4. The predicted octanol–water partition coefficient (Wildman–Crippen LogP) is 1.49. The van der Waals surface area contributed by atoms with Crippen LogP contribution in [0.3, 0.4) is 0 Å². The maximum absolute atomic E-state index is 12.1. The third-order valence-corrected chi connectivity index (χ3v) is 2.83. The van der Waals surface area contributed by atoms with E-state index in [2.05, 4.69) is 10.4 Å². The van der Waals surface area contributed by atoms with Crippen LogP contribution in [0.2, 0.25) is 0 Å². The summed E-state index contributed by atoms with van der Waals surface area (Å²) in [6.45, 7) is 1.93. The van der Waals surface area contributed by atoms with E-state index in [1.165, 1.54) is 10.9 Å². The number of aromatic nitrogens is 2. The zero-order chi connectivity index (χ0) is 13.1. The van der Waals surface area contributed by atoms with E-state index in [1.807, 2.05) is 37.3 Å². The number of carbonyl (C=O) groups is 1. The first-order valence-corrected chi connectivity index (χ1v) is 5.73. The van der Waals surface area contributed by atoms with Crippen LogP contribution in [-0.4, -0.2) is 15.7 Å². The first-order chi connectivity index (χ1) is 8.59. The fourth-order valence-electron chi connectivity index (χ4n) is 1.82. The number of anilines is 1. The van der Waals surface area contributed by atoms with Crippen molar-refractivity contribution in [1.82, 2.24) is 15.1 Å². The molecule has 18 heavy (non-hydrogen) atoms. The van der Waals surface area contributed by atoms with E-state index in [1.54, 1.807) is 7.05 Å². The van der Waals surface area contributed by atoms with Crippen molar-refractivity contribution in [1.29, 1.82) is 0 Å². The van der Waals surface area contributed by atoms with Gasteiger partial charge in [-0.25, -0.2) is 0 Å². The molecule has 1 amide bonds. The second-order valence-corrected chi connectivity index (χ2v) is 4.18. The maximum Gasteiger partial charge on any atom is 0.272 e. The van der Waals surface area contributed by atoms with Crippen molar-refractivity contribution in [2.24, 2.45) is 7.05 Å². The number of nitrogens with zero attached hydrogens (tertiary/aromatic N) is 2. The molecule has 0 fully saturated rings. The summed E-state index contributed by atoms with van der Waals surface area (Å²) in [6.07, 6.45) is 1.47. The molecule has 3 N–H and O–H groups in total. The second-order valence-electron chi connectivity index (χ2n) is 4.18. The van der Waals surface area contributed by atoms with E-state index in [9.17, 15) is 4.79 Å². The molecule has 2 aromatic rings. The molecule has 1 heterocycles. The third kappa shape index (κ3) is 2.34. The fourth-order valence-corrected chi connectivity index (χ4v) is 1.82. The molecule has 0 bridgehead atoms. The molecule has 0 radical (unpaired) electrons. The summed E-state index contributed by atoms with van der Waals surface area (Å²) in [5.74, 6) is -0.219. The number of carbonyl (C=O) groups excluding carboxylic acids is 1. The highest BCUT2D eigenvalue weighted by atomic mass is 16.2. The van der Waals surface area contributed by atoms with Crippen LogP contribution in [0.4, 0.5) is 5.69 Å². The Bertz CT molecular complexity index is 528. The van der Waals surface area contributed by atoms with E-state index in [-0.39, 0.29) is 11.9 Å². The fraction of sp³-hybridized carbons (Fsp3) is 0.231. The SMILES string of the molecule is CC(NC(=O)c1c(N)cnn1C)c1ccccc1. The Morgan fingerprint density at radius 2 is 2.06 bits per heavy atom. The highest BCUT2D eigenvalue weighted by Gasteiger charge is 2.17. The molecule has 1 aromatic carbocycles. The Kier molecular flexibility index (Phi) is 3.32.